The highest BCUT2D eigenvalue weighted by atomic mass is 32.1. The summed E-state index contributed by atoms with van der Waals surface area (Å²) in [4.78, 5) is 37.4. The number of carbonyl (C=O) groups excluding carboxylic acids is 1. The summed E-state index contributed by atoms with van der Waals surface area (Å²) in [6.45, 7) is 1.93. The molecule has 47 heavy (non-hydrogen) atoms. The van der Waals surface area contributed by atoms with Crippen LogP contribution < -0.4 is 24.4 Å². The lowest BCUT2D eigenvalue weighted by atomic mass is 9.93. The summed E-state index contributed by atoms with van der Waals surface area (Å²) in [6.07, 6.45) is 1.91. The zero-order valence-electron chi connectivity index (χ0n) is 26.0. The lowest BCUT2D eigenvalue weighted by Gasteiger charge is -2.26. The number of hydrogen-bond acceptors (Lipinski definition) is 7. The molecule has 0 bridgehead atoms. The fraction of sp³-hybridized carbons (Fsp3) is 0.132. The first kappa shape index (κ1) is 30.0. The molecule has 7 rings (SSSR count). The number of hydrogen-bond donors (Lipinski definition) is 1. The maximum atomic E-state index is 14.6. The summed E-state index contributed by atoms with van der Waals surface area (Å²) in [7, 11) is 3.22. The first-order valence-electron chi connectivity index (χ1n) is 15.2. The molecule has 1 aliphatic rings. The Morgan fingerprint density at radius 1 is 0.915 bits per heavy atom. The van der Waals surface area contributed by atoms with E-state index in [1.807, 2.05) is 109 Å². The third-order valence-corrected chi connectivity index (χ3v) is 9.16. The Morgan fingerprint density at radius 2 is 1.64 bits per heavy atom. The van der Waals surface area contributed by atoms with Crippen molar-refractivity contribution in [1.29, 1.82) is 0 Å². The molecule has 4 aromatic carbocycles. The molecule has 0 amide bonds. The van der Waals surface area contributed by atoms with Crippen LogP contribution >= 0.6 is 11.3 Å². The number of carbonyl (C=O) groups is 1. The standard InChI is InChI=1S/C38H31N3O5S/c1-4-46-37(43)31-33(24-15-9-6-10-16-24)40-38-41(35(31)25-17-11-18-26(21-25)44-2)36(42)30(47-38)22-28-27-19-12-20-29(45-3)34(27)39-32(28)23-13-7-5-8-14-23/h5-22,35,39H,4H2,1-3H3/b30-22-/t35-/m0/s1. The van der Waals surface area contributed by atoms with E-state index in [0.29, 0.717) is 32.1 Å². The molecule has 0 saturated heterocycles. The lowest BCUT2D eigenvalue weighted by molar-refractivity contribution is -0.138. The van der Waals surface area contributed by atoms with Gasteiger partial charge < -0.3 is 19.2 Å². The van der Waals surface area contributed by atoms with E-state index in [-0.39, 0.29) is 17.7 Å². The van der Waals surface area contributed by atoms with Crippen LogP contribution in [0.3, 0.4) is 0 Å². The summed E-state index contributed by atoms with van der Waals surface area (Å²) in [5.74, 6) is 0.768. The normalized spacial score (nSPS) is 14.5. The molecule has 2 aromatic heterocycles. The van der Waals surface area contributed by atoms with Crippen LogP contribution in [-0.4, -0.2) is 36.3 Å². The third-order valence-electron chi connectivity index (χ3n) is 8.18. The highest BCUT2D eigenvalue weighted by Crippen LogP contribution is 2.37. The van der Waals surface area contributed by atoms with Gasteiger partial charge in [0.1, 0.15) is 11.5 Å². The molecule has 234 valence electrons. The number of aromatic amines is 1. The van der Waals surface area contributed by atoms with Gasteiger partial charge in [-0.3, -0.25) is 9.36 Å². The van der Waals surface area contributed by atoms with Gasteiger partial charge in [-0.05, 0) is 42.3 Å². The van der Waals surface area contributed by atoms with Crippen LogP contribution in [0.1, 0.15) is 29.7 Å². The zero-order chi connectivity index (χ0) is 32.5. The number of esters is 1. The molecule has 1 aliphatic heterocycles. The minimum atomic E-state index is -0.811. The summed E-state index contributed by atoms with van der Waals surface area (Å²) < 4.78 is 18.9. The van der Waals surface area contributed by atoms with Crippen molar-refractivity contribution in [3.63, 3.8) is 0 Å². The molecule has 9 heteroatoms. The number of ether oxygens (including phenoxy) is 3. The van der Waals surface area contributed by atoms with Gasteiger partial charge in [0.15, 0.2) is 4.80 Å². The van der Waals surface area contributed by atoms with Crippen molar-refractivity contribution >= 4 is 40.0 Å². The maximum Gasteiger partial charge on any atom is 0.338 e. The Kier molecular flexibility index (Phi) is 8.05. The molecular formula is C38H31N3O5S. The predicted octanol–water partition coefficient (Wildman–Crippen LogP) is 6.10. The van der Waals surface area contributed by atoms with Crippen molar-refractivity contribution in [3.8, 4) is 22.8 Å². The largest absolute Gasteiger partial charge is 0.497 e. The van der Waals surface area contributed by atoms with Crippen molar-refractivity contribution < 1.29 is 19.0 Å². The lowest BCUT2D eigenvalue weighted by Crippen LogP contribution is -2.40. The number of aromatic nitrogens is 2. The highest BCUT2D eigenvalue weighted by molar-refractivity contribution is 7.07. The summed E-state index contributed by atoms with van der Waals surface area (Å²) in [5, 5.41) is 0.913. The topological polar surface area (TPSA) is 94.9 Å². The molecule has 0 fully saturated rings. The van der Waals surface area contributed by atoms with E-state index in [2.05, 4.69) is 4.98 Å². The molecular weight excluding hydrogens is 611 g/mol. The van der Waals surface area contributed by atoms with Crippen LogP contribution in [0.15, 0.2) is 118 Å². The summed E-state index contributed by atoms with van der Waals surface area (Å²) in [6, 6.07) is 31.9. The highest BCUT2D eigenvalue weighted by Gasteiger charge is 2.35. The van der Waals surface area contributed by atoms with E-state index < -0.39 is 12.0 Å². The molecule has 0 radical (unpaired) electrons. The van der Waals surface area contributed by atoms with E-state index in [0.717, 1.165) is 33.3 Å². The number of para-hydroxylation sites is 1. The second kappa shape index (κ2) is 12.6. The van der Waals surface area contributed by atoms with Gasteiger partial charge in [0.05, 0.1) is 53.9 Å². The molecule has 1 atom stereocenters. The molecule has 3 heterocycles. The van der Waals surface area contributed by atoms with Gasteiger partial charge in [-0.1, -0.05) is 96.3 Å². The molecule has 0 saturated carbocycles. The Hall–Kier alpha value is -5.67. The fourth-order valence-corrected chi connectivity index (χ4v) is 7.05. The van der Waals surface area contributed by atoms with Crippen molar-refractivity contribution in [2.24, 2.45) is 4.99 Å². The van der Waals surface area contributed by atoms with Gasteiger partial charge >= 0.3 is 5.97 Å². The van der Waals surface area contributed by atoms with Gasteiger partial charge in [-0.2, -0.15) is 0 Å². The molecule has 0 unspecified atom stereocenters. The molecule has 0 spiro atoms. The van der Waals surface area contributed by atoms with Crippen molar-refractivity contribution in [3.05, 3.63) is 145 Å². The first-order chi connectivity index (χ1) is 23.0. The molecule has 6 aromatic rings. The average Bonchev–Trinajstić information content (AvgIpc) is 3.65. The van der Waals surface area contributed by atoms with E-state index in [1.54, 1.807) is 25.7 Å². The van der Waals surface area contributed by atoms with Crippen LogP contribution in [0.5, 0.6) is 11.5 Å². The first-order valence-corrected chi connectivity index (χ1v) is 16.0. The van der Waals surface area contributed by atoms with Gasteiger partial charge in [0.25, 0.3) is 5.56 Å². The summed E-state index contributed by atoms with van der Waals surface area (Å²) >= 11 is 1.28. The van der Waals surface area contributed by atoms with Crippen molar-refractivity contribution in [2.45, 2.75) is 13.0 Å². The number of rotatable bonds is 8. The van der Waals surface area contributed by atoms with E-state index >= 15 is 0 Å². The minimum Gasteiger partial charge on any atom is -0.497 e. The zero-order valence-corrected chi connectivity index (χ0v) is 26.8. The number of thiazole rings is 1. The van der Waals surface area contributed by atoms with E-state index in [1.165, 1.54) is 11.3 Å². The number of methoxy groups -OCH3 is 2. The average molecular weight is 642 g/mol. The third kappa shape index (κ3) is 5.34. The van der Waals surface area contributed by atoms with Crippen LogP contribution in [0, 0.1) is 0 Å². The Balaban J connectivity index is 1.54. The summed E-state index contributed by atoms with van der Waals surface area (Å²) in [5.41, 5.74) is 5.43. The van der Waals surface area contributed by atoms with Crippen LogP contribution in [-0.2, 0) is 9.53 Å². The number of benzene rings is 4. The van der Waals surface area contributed by atoms with Crippen molar-refractivity contribution in [2.75, 3.05) is 20.8 Å². The molecule has 0 aliphatic carbocycles. The number of nitrogens with zero attached hydrogens (tertiary/aromatic N) is 2. The van der Waals surface area contributed by atoms with Gasteiger partial charge in [0, 0.05) is 16.5 Å². The van der Waals surface area contributed by atoms with E-state index in [4.69, 9.17) is 19.2 Å². The van der Waals surface area contributed by atoms with Gasteiger partial charge in [-0.25, -0.2) is 9.79 Å². The molecule has 8 nitrogen and oxygen atoms in total. The fourth-order valence-electron chi connectivity index (χ4n) is 6.06. The Labute approximate surface area is 274 Å². The van der Waals surface area contributed by atoms with Crippen LogP contribution in [0.2, 0.25) is 0 Å². The number of H-pyrrole nitrogens is 1. The maximum absolute atomic E-state index is 14.6. The second-order valence-corrected chi connectivity index (χ2v) is 11.9. The smallest absolute Gasteiger partial charge is 0.338 e. The van der Waals surface area contributed by atoms with Crippen molar-refractivity contribution in [1.82, 2.24) is 9.55 Å². The van der Waals surface area contributed by atoms with Crippen LogP contribution in [0.4, 0.5) is 0 Å². The number of nitrogens with one attached hydrogen (secondary N) is 1. The second-order valence-electron chi connectivity index (χ2n) is 10.9. The van der Waals surface area contributed by atoms with Gasteiger partial charge in [0.2, 0.25) is 0 Å². The Morgan fingerprint density at radius 3 is 2.34 bits per heavy atom. The predicted molar refractivity (Wildman–Crippen MR) is 184 cm³/mol. The van der Waals surface area contributed by atoms with E-state index in [9.17, 15) is 9.59 Å². The number of fused-ring (bicyclic) bond motifs is 2. The monoisotopic (exact) mass is 641 g/mol. The minimum absolute atomic E-state index is 0.173. The SMILES string of the molecule is CCOC(=O)C1=C(c2ccccc2)N=c2s/c(=C\c3c(-c4ccccc4)[nH]c4c(OC)cccc34)c(=O)n2[C@H]1c1cccc(OC)c1. The Bertz CT molecular complexity index is 2340. The van der Waals surface area contributed by atoms with Gasteiger partial charge in [-0.15, -0.1) is 0 Å². The molecule has 1 N–H and O–H groups in total. The van der Waals surface area contributed by atoms with Crippen LogP contribution in [0.25, 0.3) is 33.9 Å². The quantitative estimate of drug-likeness (QED) is 0.203.